The number of aliphatic hydroxyl groups is 1. The molecule has 0 atom stereocenters. The van der Waals surface area contributed by atoms with Crippen molar-refractivity contribution in [2.45, 2.75) is 38.8 Å². The van der Waals surface area contributed by atoms with Crippen LogP contribution in [-0.4, -0.2) is 41.3 Å². The van der Waals surface area contributed by atoms with Crippen molar-refractivity contribution in [1.29, 1.82) is 0 Å². The smallest absolute Gasteiger partial charge is 0.256 e. The predicted molar refractivity (Wildman–Crippen MR) is 146 cm³/mol. The number of allylic oxidation sites excluding steroid dienone is 2. The Morgan fingerprint density at radius 1 is 0.917 bits per heavy atom. The number of H-pyrrole nitrogens is 1. The normalized spacial score (nSPS) is 17.0. The number of benzene rings is 3. The number of ether oxygens (including phenoxy) is 1. The van der Waals surface area contributed by atoms with Gasteiger partial charge in [-0.15, -0.1) is 0 Å². The maximum atomic E-state index is 13.2. The van der Waals surface area contributed by atoms with Gasteiger partial charge in [-0.25, -0.2) is 0 Å². The lowest BCUT2D eigenvalue weighted by Gasteiger charge is -2.26. The van der Waals surface area contributed by atoms with E-state index in [2.05, 4.69) is 52.4 Å². The average molecular weight is 481 g/mol. The van der Waals surface area contributed by atoms with Crippen LogP contribution in [0.2, 0.25) is 0 Å². The van der Waals surface area contributed by atoms with E-state index < -0.39 is 0 Å². The van der Waals surface area contributed by atoms with Gasteiger partial charge in [0, 0.05) is 31.4 Å². The molecule has 0 saturated carbocycles. The molecule has 0 unspecified atom stereocenters. The van der Waals surface area contributed by atoms with Crippen LogP contribution in [0.4, 0.5) is 0 Å². The predicted octanol–water partition coefficient (Wildman–Crippen LogP) is 5.63. The van der Waals surface area contributed by atoms with E-state index in [0.29, 0.717) is 5.39 Å². The molecule has 36 heavy (non-hydrogen) atoms. The average Bonchev–Trinajstić information content (AvgIpc) is 2.94. The molecule has 5 nitrogen and oxygen atoms in total. The molecule has 6 rings (SSSR count). The van der Waals surface area contributed by atoms with Gasteiger partial charge in [0.05, 0.1) is 25.2 Å². The molecule has 2 heterocycles. The number of fused-ring (bicyclic) bond motifs is 3. The van der Waals surface area contributed by atoms with Crippen LogP contribution in [0.1, 0.15) is 42.4 Å². The molecule has 0 radical (unpaired) electrons. The second-order valence-corrected chi connectivity index (χ2v) is 9.97. The zero-order chi connectivity index (χ0) is 24.5. The van der Waals surface area contributed by atoms with Crippen LogP contribution < -0.4 is 5.56 Å². The Hall–Kier alpha value is -3.25. The lowest BCUT2D eigenvalue weighted by Crippen LogP contribution is -2.35. The van der Waals surface area contributed by atoms with Gasteiger partial charge in [0.2, 0.25) is 0 Å². The van der Waals surface area contributed by atoms with Crippen LogP contribution in [0.5, 0.6) is 0 Å². The second kappa shape index (κ2) is 10.0. The minimum absolute atomic E-state index is 0.0622. The van der Waals surface area contributed by atoms with Gasteiger partial charge >= 0.3 is 0 Å². The number of hydrogen-bond donors (Lipinski definition) is 2. The summed E-state index contributed by atoms with van der Waals surface area (Å²) in [6.45, 7) is 4.42. The third-order valence-corrected chi connectivity index (χ3v) is 7.69. The molecule has 1 aromatic heterocycles. The Morgan fingerprint density at radius 3 is 2.47 bits per heavy atom. The van der Waals surface area contributed by atoms with Crippen LogP contribution in [-0.2, 0) is 17.9 Å². The number of pyridine rings is 1. The van der Waals surface area contributed by atoms with E-state index >= 15 is 0 Å². The number of aliphatic hydroxyl groups excluding tert-OH is 1. The Labute approximate surface area is 211 Å². The highest BCUT2D eigenvalue weighted by atomic mass is 16.5. The summed E-state index contributed by atoms with van der Waals surface area (Å²) in [5.41, 5.74) is 6.62. The Balaban J connectivity index is 1.44. The van der Waals surface area contributed by atoms with Gasteiger partial charge < -0.3 is 14.8 Å². The van der Waals surface area contributed by atoms with Gasteiger partial charge in [0.1, 0.15) is 0 Å². The highest BCUT2D eigenvalue weighted by Crippen LogP contribution is 2.36. The third-order valence-electron chi connectivity index (χ3n) is 7.69. The van der Waals surface area contributed by atoms with Crippen LogP contribution in [0, 0.1) is 0 Å². The van der Waals surface area contributed by atoms with Gasteiger partial charge in [0.25, 0.3) is 5.56 Å². The van der Waals surface area contributed by atoms with E-state index in [1.165, 1.54) is 24.0 Å². The number of morpholine rings is 1. The summed E-state index contributed by atoms with van der Waals surface area (Å²) < 4.78 is 5.46. The van der Waals surface area contributed by atoms with Crippen molar-refractivity contribution < 1.29 is 9.84 Å². The van der Waals surface area contributed by atoms with E-state index in [4.69, 9.17) is 4.74 Å². The maximum absolute atomic E-state index is 13.2. The van der Waals surface area contributed by atoms with Gasteiger partial charge in [-0.3, -0.25) is 9.69 Å². The minimum Gasteiger partial charge on any atom is -0.392 e. The van der Waals surface area contributed by atoms with Crippen LogP contribution in [0.3, 0.4) is 0 Å². The monoisotopic (exact) mass is 480 g/mol. The topological polar surface area (TPSA) is 65.6 Å². The summed E-state index contributed by atoms with van der Waals surface area (Å²) in [6.07, 6.45) is 8.62. The Morgan fingerprint density at radius 2 is 1.72 bits per heavy atom. The van der Waals surface area contributed by atoms with E-state index in [9.17, 15) is 9.90 Å². The summed E-state index contributed by atoms with van der Waals surface area (Å²) in [5.74, 6) is 0. The first-order valence-corrected chi connectivity index (χ1v) is 13.0. The summed E-state index contributed by atoms with van der Waals surface area (Å²) in [4.78, 5) is 18.6. The Bertz CT molecular complexity index is 1490. The van der Waals surface area contributed by atoms with Gasteiger partial charge in [0.15, 0.2) is 0 Å². The van der Waals surface area contributed by atoms with Crippen LogP contribution in [0.25, 0.3) is 38.2 Å². The maximum Gasteiger partial charge on any atom is 0.256 e. The molecular formula is C31H32N2O3. The van der Waals surface area contributed by atoms with Crippen molar-refractivity contribution in [1.82, 2.24) is 9.88 Å². The first-order chi connectivity index (χ1) is 17.7. The fourth-order valence-electron chi connectivity index (χ4n) is 5.72. The highest BCUT2D eigenvalue weighted by molar-refractivity contribution is 6.12. The third kappa shape index (κ3) is 4.39. The van der Waals surface area contributed by atoms with Crippen molar-refractivity contribution in [2.24, 2.45) is 0 Å². The van der Waals surface area contributed by atoms with Gasteiger partial charge in [-0.1, -0.05) is 42.5 Å². The van der Waals surface area contributed by atoms with Crippen molar-refractivity contribution in [3.05, 3.63) is 87.8 Å². The highest BCUT2D eigenvalue weighted by Gasteiger charge is 2.17. The molecule has 184 valence electrons. The lowest BCUT2D eigenvalue weighted by molar-refractivity contribution is 0.0342. The van der Waals surface area contributed by atoms with Crippen molar-refractivity contribution in [2.75, 3.05) is 26.3 Å². The molecule has 1 aliphatic carbocycles. The molecule has 0 amide bonds. The zero-order valence-electron chi connectivity index (χ0n) is 20.6. The number of aromatic nitrogens is 1. The fraction of sp³-hybridized carbons (Fsp3) is 0.323. The molecule has 5 heteroatoms. The standard InChI is InChI=1S/C31H32N2O3/c34-20-25-17-28-29(23-4-2-1-3-5-23)18-32-31(35)30(28)27-16-24(10-11-26(25)27)22-8-6-21(7-9-22)19-33-12-14-36-15-13-33/h4,6-11,16-18,34H,1-3,5,12-15,19-20H2,(H,32,35). The van der Waals surface area contributed by atoms with Gasteiger partial charge in [-0.2, -0.15) is 0 Å². The fourth-order valence-corrected chi connectivity index (χ4v) is 5.72. The molecule has 1 aliphatic heterocycles. The summed E-state index contributed by atoms with van der Waals surface area (Å²) >= 11 is 0. The van der Waals surface area contributed by atoms with Gasteiger partial charge in [-0.05, 0) is 81.8 Å². The van der Waals surface area contributed by atoms with Crippen molar-refractivity contribution in [3.8, 4) is 11.1 Å². The zero-order valence-corrected chi connectivity index (χ0v) is 20.6. The number of nitrogens with zero attached hydrogens (tertiary/aromatic N) is 1. The van der Waals surface area contributed by atoms with Crippen molar-refractivity contribution in [3.63, 3.8) is 0 Å². The number of rotatable bonds is 5. The summed E-state index contributed by atoms with van der Waals surface area (Å²) in [6, 6.07) is 17.0. The first-order valence-electron chi connectivity index (χ1n) is 13.0. The number of aromatic amines is 1. The quantitative estimate of drug-likeness (QED) is 0.363. The molecule has 2 aliphatic rings. The van der Waals surface area contributed by atoms with Crippen molar-refractivity contribution >= 4 is 27.1 Å². The van der Waals surface area contributed by atoms with E-state index in [0.717, 1.165) is 84.1 Å². The van der Waals surface area contributed by atoms with E-state index in [-0.39, 0.29) is 12.2 Å². The Kier molecular flexibility index (Phi) is 6.45. The molecule has 0 bridgehead atoms. The van der Waals surface area contributed by atoms with E-state index in [1.54, 1.807) is 0 Å². The largest absolute Gasteiger partial charge is 0.392 e. The number of nitrogens with one attached hydrogen (secondary N) is 1. The SMILES string of the molecule is O=c1[nH]cc(C2=CCCCC2)c2cc(CO)c3ccc(-c4ccc(CN5CCOCC5)cc4)cc3c12. The van der Waals surface area contributed by atoms with Crippen LogP contribution >= 0.6 is 0 Å². The molecule has 2 N–H and O–H groups in total. The lowest BCUT2D eigenvalue weighted by atomic mass is 9.88. The minimum atomic E-state index is -0.0855. The summed E-state index contributed by atoms with van der Waals surface area (Å²) in [5, 5.41) is 13.7. The molecule has 4 aromatic rings. The molecule has 1 saturated heterocycles. The van der Waals surface area contributed by atoms with E-state index in [1.807, 2.05) is 18.3 Å². The molecule has 0 spiro atoms. The van der Waals surface area contributed by atoms with Crippen LogP contribution in [0.15, 0.2) is 65.6 Å². The molecular weight excluding hydrogens is 448 g/mol. The second-order valence-electron chi connectivity index (χ2n) is 9.97. The number of hydrogen-bond acceptors (Lipinski definition) is 4. The molecule has 3 aromatic carbocycles. The summed E-state index contributed by atoms with van der Waals surface area (Å²) in [7, 11) is 0. The molecule has 1 fully saturated rings. The first kappa shape index (κ1) is 23.2.